The number of benzene rings is 1. The van der Waals surface area contributed by atoms with Gasteiger partial charge in [0.15, 0.2) is 0 Å². The molecule has 1 aromatic heterocycles. The number of carbonyl (C=O) groups is 1. The van der Waals surface area contributed by atoms with E-state index in [1.54, 1.807) is 18.3 Å². The summed E-state index contributed by atoms with van der Waals surface area (Å²) in [4.78, 5) is 18.9. The molecule has 0 aliphatic carbocycles. The molecule has 0 unspecified atom stereocenters. The van der Waals surface area contributed by atoms with Gasteiger partial charge in [-0.05, 0) is 37.1 Å². The molecule has 24 heavy (non-hydrogen) atoms. The zero-order valence-electron chi connectivity index (χ0n) is 13.3. The van der Waals surface area contributed by atoms with Crippen LogP contribution in [0.3, 0.4) is 0 Å². The first kappa shape index (κ1) is 20.2. The van der Waals surface area contributed by atoms with Crippen molar-refractivity contribution >= 4 is 42.1 Å². The van der Waals surface area contributed by atoms with Crippen molar-refractivity contribution < 1.29 is 4.79 Å². The Hall–Kier alpha value is -1.82. The van der Waals surface area contributed by atoms with Gasteiger partial charge in [-0.25, -0.2) is 0 Å². The van der Waals surface area contributed by atoms with E-state index in [1.807, 2.05) is 18.2 Å². The van der Waals surface area contributed by atoms with Gasteiger partial charge in [0.05, 0.1) is 17.1 Å². The Bertz CT molecular complexity index is 675. The number of aromatic nitrogens is 1. The van der Waals surface area contributed by atoms with Crippen LogP contribution in [0.15, 0.2) is 42.6 Å². The predicted molar refractivity (Wildman–Crippen MR) is 102 cm³/mol. The van der Waals surface area contributed by atoms with Crippen LogP contribution in [0.2, 0.25) is 0 Å². The number of nitrogens with two attached hydrogens (primary N) is 1. The molecule has 1 saturated heterocycles. The predicted octanol–water partition coefficient (Wildman–Crippen LogP) is 3.24. The van der Waals surface area contributed by atoms with Crippen molar-refractivity contribution in [3.05, 3.63) is 53.9 Å². The molecule has 0 spiro atoms. The summed E-state index contributed by atoms with van der Waals surface area (Å²) in [6, 6.07) is 11.4. The first-order chi connectivity index (χ1) is 10.8. The number of para-hydroxylation sites is 2. The molecular weight excluding hydrogens is 347 g/mol. The third-order valence-corrected chi connectivity index (χ3v) is 3.89. The van der Waals surface area contributed by atoms with E-state index in [0.717, 1.165) is 24.5 Å². The van der Waals surface area contributed by atoms with Crippen LogP contribution in [0.25, 0.3) is 0 Å². The van der Waals surface area contributed by atoms with Crippen LogP contribution < -0.4 is 16.0 Å². The van der Waals surface area contributed by atoms with Crippen LogP contribution in [-0.2, 0) is 6.54 Å². The lowest BCUT2D eigenvalue weighted by atomic mass is 10.2. The number of nitrogens with one attached hydrogen (secondary N) is 1. The maximum atomic E-state index is 12.5. The Labute approximate surface area is 154 Å². The number of hydrogen-bond donors (Lipinski definition) is 2. The van der Waals surface area contributed by atoms with Crippen molar-refractivity contribution in [3.63, 3.8) is 0 Å². The van der Waals surface area contributed by atoms with E-state index in [0.29, 0.717) is 17.8 Å². The maximum absolute atomic E-state index is 12.5. The van der Waals surface area contributed by atoms with Gasteiger partial charge in [-0.1, -0.05) is 12.1 Å². The summed E-state index contributed by atoms with van der Waals surface area (Å²) in [6.45, 7) is 2.41. The molecule has 2 heterocycles. The molecule has 1 aliphatic rings. The van der Waals surface area contributed by atoms with Gasteiger partial charge in [-0.2, -0.15) is 0 Å². The fraction of sp³-hybridized carbons (Fsp3) is 0.294. The fourth-order valence-corrected chi connectivity index (χ4v) is 2.74. The molecule has 2 aromatic rings. The molecule has 130 valence electrons. The molecule has 1 amide bonds. The molecule has 1 aliphatic heterocycles. The average molecular weight is 369 g/mol. The van der Waals surface area contributed by atoms with Gasteiger partial charge < -0.3 is 16.0 Å². The summed E-state index contributed by atoms with van der Waals surface area (Å²) in [5.74, 6) is -0.135. The molecule has 3 rings (SSSR count). The number of amides is 1. The van der Waals surface area contributed by atoms with E-state index in [4.69, 9.17) is 5.73 Å². The Morgan fingerprint density at radius 3 is 2.58 bits per heavy atom. The molecule has 0 bridgehead atoms. The lowest BCUT2D eigenvalue weighted by Gasteiger charge is -2.21. The molecule has 0 atom stereocenters. The topological polar surface area (TPSA) is 71.2 Å². The van der Waals surface area contributed by atoms with Crippen molar-refractivity contribution in [1.29, 1.82) is 0 Å². The summed E-state index contributed by atoms with van der Waals surface area (Å²) < 4.78 is 0. The number of anilines is 2. The summed E-state index contributed by atoms with van der Waals surface area (Å²) in [5, 5.41) is 3.01. The Kier molecular flexibility index (Phi) is 7.98. The van der Waals surface area contributed by atoms with E-state index in [1.165, 1.54) is 12.8 Å². The lowest BCUT2D eigenvalue weighted by Crippen LogP contribution is -2.21. The second-order valence-electron chi connectivity index (χ2n) is 5.41. The quantitative estimate of drug-likeness (QED) is 0.868. The van der Waals surface area contributed by atoms with Gasteiger partial charge in [0.25, 0.3) is 5.91 Å². The summed E-state index contributed by atoms with van der Waals surface area (Å²) in [5.41, 5.74) is 8.79. The highest BCUT2D eigenvalue weighted by atomic mass is 35.5. The van der Waals surface area contributed by atoms with Crippen molar-refractivity contribution in [3.8, 4) is 0 Å². The Morgan fingerprint density at radius 1 is 1.17 bits per heavy atom. The van der Waals surface area contributed by atoms with E-state index in [-0.39, 0.29) is 30.7 Å². The zero-order valence-corrected chi connectivity index (χ0v) is 14.9. The Morgan fingerprint density at radius 2 is 1.88 bits per heavy atom. The van der Waals surface area contributed by atoms with Crippen molar-refractivity contribution in [2.45, 2.75) is 19.4 Å². The van der Waals surface area contributed by atoms with E-state index < -0.39 is 0 Å². The second kappa shape index (κ2) is 9.47. The number of rotatable bonds is 4. The largest absolute Gasteiger partial charge is 0.370 e. The zero-order chi connectivity index (χ0) is 15.4. The van der Waals surface area contributed by atoms with Crippen molar-refractivity contribution in [1.82, 2.24) is 4.98 Å². The summed E-state index contributed by atoms with van der Waals surface area (Å²) in [7, 11) is 0. The first-order valence-electron chi connectivity index (χ1n) is 7.58. The SMILES string of the molecule is Cl.Cl.NCc1cc(C(=O)Nc2ccccc2N2CCCC2)ccn1. The molecule has 5 nitrogen and oxygen atoms in total. The van der Waals surface area contributed by atoms with Gasteiger partial charge in [-0.15, -0.1) is 24.8 Å². The highest BCUT2D eigenvalue weighted by molar-refractivity contribution is 6.06. The van der Waals surface area contributed by atoms with Crippen LogP contribution in [-0.4, -0.2) is 24.0 Å². The maximum Gasteiger partial charge on any atom is 0.255 e. The smallest absolute Gasteiger partial charge is 0.255 e. The van der Waals surface area contributed by atoms with Gasteiger partial charge in [0.2, 0.25) is 0 Å². The number of nitrogens with zero attached hydrogens (tertiary/aromatic N) is 2. The van der Waals surface area contributed by atoms with Gasteiger partial charge >= 0.3 is 0 Å². The number of halogens is 2. The third-order valence-electron chi connectivity index (χ3n) is 3.89. The van der Waals surface area contributed by atoms with Gasteiger partial charge in [-0.3, -0.25) is 9.78 Å². The monoisotopic (exact) mass is 368 g/mol. The molecule has 3 N–H and O–H groups in total. The second-order valence-corrected chi connectivity index (χ2v) is 5.41. The highest BCUT2D eigenvalue weighted by Gasteiger charge is 2.17. The van der Waals surface area contributed by atoms with Crippen LogP contribution in [0.1, 0.15) is 28.9 Å². The molecule has 0 saturated carbocycles. The minimum Gasteiger partial charge on any atom is -0.370 e. The summed E-state index contributed by atoms with van der Waals surface area (Å²) >= 11 is 0. The normalized spacial score (nSPS) is 13.0. The third kappa shape index (κ3) is 4.60. The molecule has 1 aromatic carbocycles. The van der Waals surface area contributed by atoms with E-state index >= 15 is 0 Å². The highest BCUT2D eigenvalue weighted by Crippen LogP contribution is 2.28. The fourth-order valence-electron chi connectivity index (χ4n) is 2.74. The molecule has 1 fully saturated rings. The van der Waals surface area contributed by atoms with E-state index in [2.05, 4.69) is 21.3 Å². The first-order valence-corrected chi connectivity index (χ1v) is 7.58. The number of hydrogen-bond acceptors (Lipinski definition) is 4. The van der Waals surface area contributed by atoms with Crippen molar-refractivity contribution in [2.75, 3.05) is 23.3 Å². The van der Waals surface area contributed by atoms with Crippen molar-refractivity contribution in [2.24, 2.45) is 5.73 Å². The van der Waals surface area contributed by atoms with Crippen LogP contribution in [0.5, 0.6) is 0 Å². The minimum atomic E-state index is -0.135. The van der Waals surface area contributed by atoms with Gasteiger partial charge in [0, 0.05) is 31.4 Å². The van der Waals surface area contributed by atoms with Crippen LogP contribution in [0, 0.1) is 0 Å². The van der Waals surface area contributed by atoms with Crippen LogP contribution in [0.4, 0.5) is 11.4 Å². The summed E-state index contributed by atoms with van der Waals surface area (Å²) in [6.07, 6.45) is 4.02. The molecule has 0 radical (unpaired) electrons. The number of pyridine rings is 1. The average Bonchev–Trinajstić information content (AvgIpc) is 3.09. The lowest BCUT2D eigenvalue weighted by molar-refractivity contribution is 0.102. The Balaban J connectivity index is 0.00000144. The molecule has 7 heteroatoms. The van der Waals surface area contributed by atoms with Crippen LogP contribution >= 0.6 is 24.8 Å². The standard InChI is InChI=1S/C17H20N4O.2ClH/c18-12-14-11-13(7-8-19-14)17(22)20-15-5-1-2-6-16(15)21-9-3-4-10-21;;/h1-2,5-8,11H,3-4,9-10,12,18H2,(H,20,22);2*1H. The van der Waals surface area contributed by atoms with Gasteiger partial charge in [0.1, 0.15) is 0 Å². The number of carbonyl (C=O) groups excluding carboxylic acids is 1. The minimum absolute atomic E-state index is 0. The molecular formula is C17H22Cl2N4O. The van der Waals surface area contributed by atoms with E-state index in [9.17, 15) is 4.79 Å².